The Bertz CT molecular complexity index is 612. The standard InChI is InChI=1S/C14H9F5O2/c15-11-5-8(7-20)6-12(16)13(11)21-10-3-1-9(2-4-10)14(17,18)19/h1-6,20H,7H2. The second kappa shape index (κ2) is 5.69. The molecule has 0 aliphatic rings. The molecule has 0 aromatic heterocycles. The van der Waals surface area contributed by atoms with Crippen molar-refractivity contribution in [3.05, 3.63) is 59.2 Å². The van der Waals surface area contributed by atoms with Crippen LogP contribution in [0.1, 0.15) is 11.1 Å². The zero-order valence-corrected chi connectivity index (χ0v) is 10.4. The van der Waals surface area contributed by atoms with Gasteiger partial charge in [-0.1, -0.05) is 0 Å². The van der Waals surface area contributed by atoms with Gasteiger partial charge in [0.2, 0.25) is 0 Å². The van der Waals surface area contributed by atoms with Crippen LogP contribution in [0.5, 0.6) is 11.5 Å². The monoisotopic (exact) mass is 304 g/mol. The molecule has 2 aromatic carbocycles. The topological polar surface area (TPSA) is 29.5 Å². The fourth-order valence-electron chi connectivity index (χ4n) is 1.63. The summed E-state index contributed by atoms with van der Waals surface area (Å²) in [6, 6.07) is 5.16. The first kappa shape index (κ1) is 15.2. The third-order valence-corrected chi connectivity index (χ3v) is 2.64. The van der Waals surface area contributed by atoms with Crippen molar-refractivity contribution >= 4 is 0 Å². The van der Waals surface area contributed by atoms with Crippen LogP contribution >= 0.6 is 0 Å². The van der Waals surface area contributed by atoms with E-state index in [0.29, 0.717) is 0 Å². The first-order valence-electron chi connectivity index (χ1n) is 5.75. The number of halogens is 5. The molecule has 0 radical (unpaired) electrons. The van der Waals surface area contributed by atoms with E-state index < -0.39 is 35.7 Å². The molecule has 2 rings (SSSR count). The van der Waals surface area contributed by atoms with Crippen molar-refractivity contribution in [1.82, 2.24) is 0 Å². The Morgan fingerprint density at radius 2 is 1.48 bits per heavy atom. The summed E-state index contributed by atoms with van der Waals surface area (Å²) in [7, 11) is 0. The number of hydrogen-bond donors (Lipinski definition) is 1. The SMILES string of the molecule is OCc1cc(F)c(Oc2ccc(C(F)(F)F)cc2)c(F)c1. The summed E-state index contributed by atoms with van der Waals surface area (Å²) in [6.07, 6.45) is -4.50. The second-order valence-electron chi connectivity index (χ2n) is 4.17. The third-order valence-electron chi connectivity index (χ3n) is 2.64. The number of rotatable bonds is 3. The van der Waals surface area contributed by atoms with Gasteiger partial charge < -0.3 is 9.84 Å². The van der Waals surface area contributed by atoms with Crippen molar-refractivity contribution in [2.75, 3.05) is 0 Å². The lowest BCUT2D eigenvalue weighted by atomic mass is 10.2. The largest absolute Gasteiger partial charge is 0.451 e. The molecule has 21 heavy (non-hydrogen) atoms. The van der Waals surface area contributed by atoms with Gasteiger partial charge in [0.05, 0.1) is 12.2 Å². The highest BCUT2D eigenvalue weighted by Gasteiger charge is 2.30. The molecule has 0 aliphatic carbocycles. The lowest BCUT2D eigenvalue weighted by Gasteiger charge is -2.11. The van der Waals surface area contributed by atoms with Crippen molar-refractivity contribution in [3.63, 3.8) is 0 Å². The molecule has 0 saturated heterocycles. The van der Waals surface area contributed by atoms with Gasteiger partial charge in [-0.2, -0.15) is 13.2 Å². The summed E-state index contributed by atoms with van der Waals surface area (Å²) in [5.74, 6) is -3.00. The molecule has 1 N–H and O–H groups in total. The summed E-state index contributed by atoms with van der Waals surface area (Å²) >= 11 is 0. The van der Waals surface area contributed by atoms with Crippen LogP contribution in [0.25, 0.3) is 0 Å². The summed E-state index contributed by atoms with van der Waals surface area (Å²) < 4.78 is 69.2. The van der Waals surface area contributed by atoms with Crippen LogP contribution in [-0.4, -0.2) is 5.11 Å². The lowest BCUT2D eigenvalue weighted by Crippen LogP contribution is -2.04. The van der Waals surface area contributed by atoms with Gasteiger partial charge in [-0.3, -0.25) is 0 Å². The average molecular weight is 304 g/mol. The van der Waals surface area contributed by atoms with E-state index in [0.717, 1.165) is 36.4 Å². The Morgan fingerprint density at radius 1 is 0.952 bits per heavy atom. The second-order valence-corrected chi connectivity index (χ2v) is 4.17. The minimum absolute atomic E-state index is 0.0183. The van der Waals surface area contributed by atoms with Gasteiger partial charge in [0.15, 0.2) is 17.4 Å². The van der Waals surface area contributed by atoms with E-state index in [9.17, 15) is 22.0 Å². The Hall–Kier alpha value is -2.15. The van der Waals surface area contributed by atoms with Gasteiger partial charge in [0.1, 0.15) is 5.75 Å². The van der Waals surface area contributed by atoms with E-state index in [1.165, 1.54) is 0 Å². The normalized spacial score (nSPS) is 11.5. The molecular formula is C14H9F5O2. The Kier molecular flexibility index (Phi) is 4.13. The van der Waals surface area contributed by atoms with E-state index in [1.807, 2.05) is 0 Å². The van der Waals surface area contributed by atoms with Crippen molar-refractivity contribution in [2.24, 2.45) is 0 Å². The summed E-state index contributed by atoms with van der Waals surface area (Å²) in [6.45, 7) is -0.547. The van der Waals surface area contributed by atoms with Crippen LogP contribution in [0.2, 0.25) is 0 Å². The molecule has 0 fully saturated rings. The molecule has 0 bridgehead atoms. The molecule has 0 heterocycles. The molecule has 0 atom stereocenters. The third kappa shape index (κ3) is 3.49. The van der Waals surface area contributed by atoms with E-state index in [-0.39, 0.29) is 11.3 Å². The number of alkyl halides is 3. The van der Waals surface area contributed by atoms with Gasteiger partial charge in [0, 0.05) is 0 Å². The average Bonchev–Trinajstić information content (AvgIpc) is 2.42. The van der Waals surface area contributed by atoms with Gasteiger partial charge in [0.25, 0.3) is 0 Å². The summed E-state index contributed by atoms with van der Waals surface area (Å²) in [5.41, 5.74) is -0.879. The maximum Gasteiger partial charge on any atom is 0.416 e. The smallest absolute Gasteiger partial charge is 0.416 e. The van der Waals surface area contributed by atoms with Crippen molar-refractivity contribution in [3.8, 4) is 11.5 Å². The van der Waals surface area contributed by atoms with Crippen LogP contribution in [-0.2, 0) is 12.8 Å². The molecule has 7 heteroatoms. The first-order chi connectivity index (χ1) is 9.81. The van der Waals surface area contributed by atoms with Crippen molar-refractivity contribution < 1.29 is 31.8 Å². The quantitative estimate of drug-likeness (QED) is 0.858. The molecule has 0 amide bonds. The zero-order valence-electron chi connectivity index (χ0n) is 10.4. The van der Waals surface area contributed by atoms with Gasteiger partial charge in [-0.15, -0.1) is 0 Å². The van der Waals surface area contributed by atoms with Crippen molar-refractivity contribution in [2.45, 2.75) is 12.8 Å². The number of aliphatic hydroxyl groups is 1. The van der Waals surface area contributed by atoms with Crippen LogP contribution in [0.15, 0.2) is 36.4 Å². The molecule has 2 nitrogen and oxygen atoms in total. The van der Waals surface area contributed by atoms with Crippen molar-refractivity contribution in [1.29, 1.82) is 0 Å². The predicted molar refractivity (Wildman–Crippen MR) is 63.8 cm³/mol. The number of hydrogen-bond acceptors (Lipinski definition) is 2. The highest BCUT2D eigenvalue weighted by atomic mass is 19.4. The highest BCUT2D eigenvalue weighted by molar-refractivity contribution is 5.37. The van der Waals surface area contributed by atoms with Gasteiger partial charge >= 0.3 is 6.18 Å². The number of aliphatic hydroxyl groups excluding tert-OH is 1. The minimum Gasteiger partial charge on any atom is -0.451 e. The van der Waals surface area contributed by atoms with E-state index in [4.69, 9.17) is 9.84 Å². The lowest BCUT2D eigenvalue weighted by molar-refractivity contribution is -0.137. The van der Waals surface area contributed by atoms with Crippen LogP contribution in [0.4, 0.5) is 22.0 Å². The van der Waals surface area contributed by atoms with E-state index in [2.05, 4.69) is 0 Å². The van der Waals surface area contributed by atoms with Crippen LogP contribution < -0.4 is 4.74 Å². The van der Waals surface area contributed by atoms with E-state index in [1.54, 1.807) is 0 Å². The van der Waals surface area contributed by atoms with Gasteiger partial charge in [-0.25, -0.2) is 8.78 Å². The molecule has 2 aromatic rings. The molecule has 112 valence electrons. The molecule has 0 saturated carbocycles. The fraction of sp³-hybridized carbons (Fsp3) is 0.143. The fourth-order valence-corrected chi connectivity index (χ4v) is 1.63. The Morgan fingerprint density at radius 3 is 1.90 bits per heavy atom. The molecule has 0 unspecified atom stereocenters. The first-order valence-corrected chi connectivity index (χ1v) is 5.75. The maximum atomic E-state index is 13.6. The Labute approximate surface area is 116 Å². The molecular weight excluding hydrogens is 295 g/mol. The highest BCUT2D eigenvalue weighted by Crippen LogP contribution is 2.33. The number of benzene rings is 2. The predicted octanol–water partition coefficient (Wildman–Crippen LogP) is 4.27. The molecule has 0 spiro atoms. The summed E-state index contributed by atoms with van der Waals surface area (Å²) in [4.78, 5) is 0. The minimum atomic E-state index is -4.50. The van der Waals surface area contributed by atoms with Crippen LogP contribution in [0.3, 0.4) is 0 Å². The molecule has 0 aliphatic heterocycles. The maximum absolute atomic E-state index is 13.6. The summed E-state index contributed by atoms with van der Waals surface area (Å²) in [5, 5.41) is 8.79. The zero-order chi connectivity index (χ0) is 15.6. The van der Waals surface area contributed by atoms with Crippen LogP contribution in [0, 0.1) is 11.6 Å². The number of ether oxygens (including phenoxy) is 1. The van der Waals surface area contributed by atoms with E-state index >= 15 is 0 Å². The Balaban J connectivity index is 2.26. The van der Waals surface area contributed by atoms with Gasteiger partial charge in [-0.05, 0) is 42.0 Å².